The molecule has 1 aliphatic rings. The number of likely N-dealkylation sites (N-methyl/N-ethyl adjacent to an activating group) is 1. The van der Waals surface area contributed by atoms with Crippen molar-refractivity contribution in [1.29, 1.82) is 0 Å². The van der Waals surface area contributed by atoms with E-state index in [1.165, 1.54) is 22.3 Å². The summed E-state index contributed by atoms with van der Waals surface area (Å²) < 4.78 is 0. The van der Waals surface area contributed by atoms with Crippen molar-refractivity contribution in [3.8, 4) is 5.75 Å². The minimum Gasteiger partial charge on any atom is -0.508 e. The standard InChI is InChI=1S/C18H19NO.ClH/c1-19(2)12-15-10-13-6-3-4-9-17(13)18(15)14-7-5-8-16(20)11-14;/h3-9,11,20H,10,12H2,1-2H3;1H. The summed E-state index contributed by atoms with van der Waals surface area (Å²) in [6.45, 7) is 0.944. The van der Waals surface area contributed by atoms with Crippen LogP contribution in [-0.4, -0.2) is 30.6 Å². The van der Waals surface area contributed by atoms with Crippen LogP contribution in [0.25, 0.3) is 5.57 Å². The molecule has 0 amide bonds. The van der Waals surface area contributed by atoms with Crippen molar-refractivity contribution in [2.75, 3.05) is 20.6 Å². The molecule has 0 atom stereocenters. The van der Waals surface area contributed by atoms with Gasteiger partial charge in [-0.05, 0) is 60.5 Å². The average molecular weight is 302 g/mol. The van der Waals surface area contributed by atoms with Crippen molar-refractivity contribution < 1.29 is 5.11 Å². The molecule has 0 aromatic heterocycles. The van der Waals surface area contributed by atoms with Gasteiger partial charge in [-0.15, -0.1) is 12.4 Å². The van der Waals surface area contributed by atoms with Crippen molar-refractivity contribution in [3.63, 3.8) is 0 Å². The van der Waals surface area contributed by atoms with E-state index in [1.54, 1.807) is 6.07 Å². The zero-order valence-corrected chi connectivity index (χ0v) is 13.2. The molecule has 21 heavy (non-hydrogen) atoms. The maximum atomic E-state index is 9.76. The molecule has 110 valence electrons. The zero-order chi connectivity index (χ0) is 14.1. The Hall–Kier alpha value is -1.77. The Kier molecular flexibility index (Phi) is 4.71. The second-order valence-corrected chi connectivity index (χ2v) is 5.60. The molecule has 0 saturated carbocycles. The van der Waals surface area contributed by atoms with E-state index in [1.807, 2.05) is 12.1 Å². The first-order valence-corrected chi connectivity index (χ1v) is 6.89. The van der Waals surface area contributed by atoms with Gasteiger partial charge in [0, 0.05) is 6.54 Å². The number of nitrogens with zero attached hydrogens (tertiary/aromatic N) is 1. The van der Waals surface area contributed by atoms with E-state index in [-0.39, 0.29) is 12.4 Å². The van der Waals surface area contributed by atoms with Crippen LogP contribution in [0.4, 0.5) is 0 Å². The fourth-order valence-corrected chi connectivity index (χ4v) is 2.96. The van der Waals surface area contributed by atoms with Gasteiger partial charge in [0.15, 0.2) is 0 Å². The molecule has 3 heteroatoms. The van der Waals surface area contributed by atoms with E-state index >= 15 is 0 Å². The molecular formula is C18H20ClNO. The van der Waals surface area contributed by atoms with E-state index in [4.69, 9.17) is 0 Å². The quantitative estimate of drug-likeness (QED) is 0.933. The number of fused-ring (bicyclic) bond motifs is 1. The lowest BCUT2D eigenvalue weighted by Gasteiger charge is -2.14. The van der Waals surface area contributed by atoms with Gasteiger partial charge >= 0.3 is 0 Å². The van der Waals surface area contributed by atoms with Gasteiger partial charge in [-0.2, -0.15) is 0 Å². The van der Waals surface area contributed by atoms with E-state index in [0.717, 1.165) is 18.5 Å². The van der Waals surface area contributed by atoms with Gasteiger partial charge in [0.25, 0.3) is 0 Å². The summed E-state index contributed by atoms with van der Waals surface area (Å²) in [5.41, 5.74) is 6.48. The highest BCUT2D eigenvalue weighted by Crippen LogP contribution is 2.38. The summed E-state index contributed by atoms with van der Waals surface area (Å²) in [4.78, 5) is 2.20. The number of halogens is 1. The largest absolute Gasteiger partial charge is 0.508 e. The van der Waals surface area contributed by atoms with Crippen LogP contribution in [0.15, 0.2) is 54.1 Å². The van der Waals surface area contributed by atoms with Crippen LogP contribution in [0.5, 0.6) is 5.75 Å². The molecule has 0 radical (unpaired) electrons. The fourth-order valence-electron chi connectivity index (χ4n) is 2.96. The Morgan fingerprint density at radius 2 is 1.81 bits per heavy atom. The SMILES string of the molecule is CN(C)CC1=C(c2cccc(O)c2)c2ccccc2C1.Cl. The van der Waals surface area contributed by atoms with Gasteiger partial charge in [-0.25, -0.2) is 0 Å². The summed E-state index contributed by atoms with van der Waals surface area (Å²) in [6.07, 6.45) is 0.999. The summed E-state index contributed by atoms with van der Waals surface area (Å²) >= 11 is 0. The molecule has 0 unspecified atom stereocenters. The Balaban J connectivity index is 0.00000161. The molecule has 0 saturated heterocycles. The van der Waals surface area contributed by atoms with Crippen molar-refractivity contribution in [3.05, 3.63) is 70.8 Å². The molecule has 2 nitrogen and oxygen atoms in total. The lowest BCUT2D eigenvalue weighted by atomic mass is 9.97. The Labute approximate surface area is 132 Å². The second kappa shape index (κ2) is 6.33. The minimum atomic E-state index is 0. The van der Waals surface area contributed by atoms with Gasteiger partial charge in [0.05, 0.1) is 0 Å². The summed E-state index contributed by atoms with van der Waals surface area (Å²) in [5, 5.41) is 9.76. The molecule has 2 aromatic carbocycles. The summed E-state index contributed by atoms with van der Waals surface area (Å²) in [5.74, 6) is 0.323. The second-order valence-electron chi connectivity index (χ2n) is 5.60. The van der Waals surface area contributed by atoms with Crippen LogP contribution in [0.2, 0.25) is 0 Å². The highest BCUT2D eigenvalue weighted by Gasteiger charge is 2.22. The van der Waals surface area contributed by atoms with Crippen LogP contribution in [-0.2, 0) is 6.42 Å². The number of hydrogen-bond acceptors (Lipinski definition) is 2. The third-order valence-electron chi connectivity index (χ3n) is 3.69. The maximum Gasteiger partial charge on any atom is 0.116 e. The monoisotopic (exact) mass is 301 g/mol. The lowest BCUT2D eigenvalue weighted by Crippen LogP contribution is -2.15. The number of phenolic OH excluding ortho intramolecular Hbond substituents is 1. The maximum absolute atomic E-state index is 9.76. The van der Waals surface area contributed by atoms with Gasteiger partial charge in [0.2, 0.25) is 0 Å². The number of benzene rings is 2. The number of hydrogen-bond donors (Lipinski definition) is 1. The van der Waals surface area contributed by atoms with Gasteiger partial charge < -0.3 is 10.0 Å². The topological polar surface area (TPSA) is 23.5 Å². The molecule has 1 N–H and O–H groups in total. The van der Waals surface area contributed by atoms with Crippen LogP contribution >= 0.6 is 12.4 Å². The third-order valence-corrected chi connectivity index (χ3v) is 3.69. The van der Waals surface area contributed by atoms with Crippen LogP contribution in [0, 0.1) is 0 Å². The van der Waals surface area contributed by atoms with E-state index in [0.29, 0.717) is 5.75 Å². The Morgan fingerprint density at radius 3 is 2.52 bits per heavy atom. The summed E-state index contributed by atoms with van der Waals surface area (Å²) in [7, 11) is 4.19. The third kappa shape index (κ3) is 3.12. The fraction of sp³-hybridized carbons (Fsp3) is 0.222. The van der Waals surface area contributed by atoms with Crippen LogP contribution in [0.1, 0.15) is 16.7 Å². The van der Waals surface area contributed by atoms with Crippen LogP contribution in [0.3, 0.4) is 0 Å². The molecule has 1 aliphatic carbocycles. The van der Waals surface area contributed by atoms with Crippen molar-refractivity contribution in [1.82, 2.24) is 4.90 Å². The smallest absolute Gasteiger partial charge is 0.116 e. The lowest BCUT2D eigenvalue weighted by molar-refractivity contribution is 0.443. The Bertz CT molecular complexity index is 676. The first-order valence-electron chi connectivity index (χ1n) is 6.89. The van der Waals surface area contributed by atoms with Crippen molar-refractivity contribution >= 4 is 18.0 Å². The molecule has 0 bridgehead atoms. The molecule has 0 aliphatic heterocycles. The minimum absolute atomic E-state index is 0. The van der Waals surface area contributed by atoms with Crippen molar-refractivity contribution in [2.24, 2.45) is 0 Å². The molecule has 0 heterocycles. The van der Waals surface area contributed by atoms with Gasteiger partial charge in [-0.3, -0.25) is 0 Å². The first-order chi connectivity index (χ1) is 9.65. The predicted octanol–water partition coefficient (Wildman–Crippen LogP) is 3.73. The number of phenols is 1. The average Bonchev–Trinajstić information content (AvgIpc) is 2.75. The molecule has 0 fully saturated rings. The van der Waals surface area contributed by atoms with Gasteiger partial charge in [0.1, 0.15) is 5.75 Å². The molecule has 2 aromatic rings. The predicted molar refractivity (Wildman–Crippen MR) is 90.1 cm³/mol. The molecule has 0 spiro atoms. The molecular weight excluding hydrogens is 282 g/mol. The number of aromatic hydroxyl groups is 1. The summed E-state index contributed by atoms with van der Waals surface area (Å²) in [6, 6.07) is 16.1. The highest BCUT2D eigenvalue weighted by molar-refractivity contribution is 5.87. The van der Waals surface area contributed by atoms with E-state index in [9.17, 15) is 5.11 Å². The molecule has 3 rings (SSSR count). The first kappa shape index (κ1) is 15.6. The number of rotatable bonds is 3. The Morgan fingerprint density at radius 1 is 1.05 bits per heavy atom. The van der Waals surface area contributed by atoms with Crippen LogP contribution < -0.4 is 0 Å². The van der Waals surface area contributed by atoms with E-state index in [2.05, 4.69) is 49.3 Å². The van der Waals surface area contributed by atoms with Crippen molar-refractivity contribution in [2.45, 2.75) is 6.42 Å². The van der Waals surface area contributed by atoms with Gasteiger partial charge in [-0.1, -0.05) is 36.4 Å². The normalized spacial score (nSPS) is 13.3. The highest BCUT2D eigenvalue weighted by atomic mass is 35.5. The zero-order valence-electron chi connectivity index (χ0n) is 12.3. The van der Waals surface area contributed by atoms with E-state index < -0.39 is 0 Å².